The van der Waals surface area contributed by atoms with Crippen LogP contribution in [0.2, 0.25) is 0 Å². The fourth-order valence-corrected chi connectivity index (χ4v) is 2.71. The third kappa shape index (κ3) is 3.67. The molecule has 10 heteroatoms. The first-order valence-electron chi connectivity index (χ1n) is 5.07. The van der Waals surface area contributed by atoms with Crippen LogP contribution in [0.3, 0.4) is 0 Å². The SMILES string of the molecule is C[C@H](NS(=O)(=O)c1ccc(F)cc1C(F)(F)F)C(=O)O. The summed E-state index contributed by atoms with van der Waals surface area (Å²) < 4.78 is 75.9. The maximum Gasteiger partial charge on any atom is 0.417 e. The number of benzene rings is 1. The lowest BCUT2D eigenvalue weighted by Crippen LogP contribution is -2.39. The van der Waals surface area contributed by atoms with E-state index in [-0.39, 0.29) is 6.07 Å². The first-order valence-corrected chi connectivity index (χ1v) is 6.55. The Morgan fingerprint density at radius 3 is 2.35 bits per heavy atom. The van der Waals surface area contributed by atoms with E-state index in [9.17, 15) is 30.8 Å². The van der Waals surface area contributed by atoms with Crippen LogP contribution in [0.15, 0.2) is 23.1 Å². The Bertz CT molecular complexity index is 627. The minimum atomic E-state index is -5.10. The molecule has 0 saturated carbocycles. The molecule has 1 aromatic rings. The smallest absolute Gasteiger partial charge is 0.417 e. The normalized spacial score (nSPS) is 14.1. The fourth-order valence-electron chi connectivity index (χ4n) is 1.30. The van der Waals surface area contributed by atoms with Gasteiger partial charge in [0.1, 0.15) is 11.9 Å². The molecule has 0 aliphatic rings. The van der Waals surface area contributed by atoms with Crippen LogP contribution in [0.4, 0.5) is 17.6 Å². The summed E-state index contributed by atoms with van der Waals surface area (Å²) in [6.45, 7) is 0.941. The summed E-state index contributed by atoms with van der Waals surface area (Å²) in [5.74, 6) is -2.83. The second kappa shape index (κ2) is 5.37. The molecule has 0 aromatic heterocycles. The summed E-state index contributed by atoms with van der Waals surface area (Å²) in [4.78, 5) is 9.30. The van der Waals surface area contributed by atoms with E-state index in [4.69, 9.17) is 5.11 Å². The van der Waals surface area contributed by atoms with E-state index in [0.29, 0.717) is 12.1 Å². The van der Waals surface area contributed by atoms with E-state index in [1.807, 2.05) is 0 Å². The van der Waals surface area contributed by atoms with Crippen molar-refractivity contribution < 1.29 is 35.9 Å². The Kier molecular flexibility index (Phi) is 4.39. The van der Waals surface area contributed by atoms with Crippen molar-refractivity contribution in [3.05, 3.63) is 29.6 Å². The van der Waals surface area contributed by atoms with E-state index in [2.05, 4.69) is 0 Å². The van der Waals surface area contributed by atoms with Gasteiger partial charge in [-0.3, -0.25) is 4.79 Å². The van der Waals surface area contributed by atoms with Crippen LogP contribution in [-0.4, -0.2) is 25.5 Å². The number of rotatable bonds is 4. The zero-order valence-electron chi connectivity index (χ0n) is 9.90. The highest BCUT2D eigenvalue weighted by molar-refractivity contribution is 7.89. The monoisotopic (exact) mass is 315 g/mol. The quantitative estimate of drug-likeness (QED) is 0.827. The van der Waals surface area contributed by atoms with Gasteiger partial charge in [-0.25, -0.2) is 12.8 Å². The molecule has 0 radical (unpaired) electrons. The lowest BCUT2D eigenvalue weighted by Gasteiger charge is -2.15. The zero-order chi connectivity index (χ0) is 15.7. The minimum Gasteiger partial charge on any atom is -0.480 e. The summed E-state index contributed by atoms with van der Waals surface area (Å²) in [6, 6.07) is -0.643. The summed E-state index contributed by atoms with van der Waals surface area (Å²) in [7, 11) is -4.75. The Labute approximate surface area is 111 Å². The van der Waals surface area contributed by atoms with Crippen LogP contribution >= 0.6 is 0 Å². The van der Waals surface area contributed by atoms with Gasteiger partial charge in [0.2, 0.25) is 10.0 Å². The largest absolute Gasteiger partial charge is 0.480 e. The third-order valence-electron chi connectivity index (χ3n) is 2.24. The second-order valence-electron chi connectivity index (χ2n) is 3.82. The van der Waals surface area contributed by atoms with Gasteiger partial charge < -0.3 is 5.11 Å². The maximum atomic E-state index is 12.8. The number of carboxylic acid groups (broad SMARTS) is 1. The maximum absolute atomic E-state index is 12.8. The third-order valence-corrected chi connectivity index (χ3v) is 3.84. The van der Waals surface area contributed by atoms with Gasteiger partial charge in [0, 0.05) is 0 Å². The average molecular weight is 315 g/mol. The highest BCUT2D eigenvalue weighted by Gasteiger charge is 2.38. The van der Waals surface area contributed by atoms with E-state index < -0.39 is 44.5 Å². The molecule has 1 atom stereocenters. The van der Waals surface area contributed by atoms with Crippen molar-refractivity contribution in [3.8, 4) is 0 Å². The Morgan fingerprint density at radius 2 is 1.90 bits per heavy atom. The summed E-state index contributed by atoms with van der Waals surface area (Å²) in [5, 5.41) is 8.56. The van der Waals surface area contributed by atoms with Gasteiger partial charge in [-0.15, -0.1) is 0 Å². The van der Waals surface area contributed by atoms with Crippen LogP contribution in [0, 0.1) is 5.82 Å². The topological polar surface area (TPSA) is 83.5 Å². The number of carbonyl (C=O) groups is 1. The van der Waals surface area contributed by atoms with Gasteiger partial charge in [-0.1, -0.05) is 0 Å². The fraction of sp³-hybridized carbons (Fsp3) is 0.300. The van der Waals surface area contributed by atoms with Crippen molar-refractivity contribution in [3.63, 3.8) is 0 Å². The van der Waals surface area contributed by atoms with Crippen LogP contribution in [-0.2, 0) is 21.0 Å². The number of nitrogens with one attached hydrogen (secondary N) is 1. The molecule has 2 N–H and O–H groups in total. The van der Waals surface area contributed by atoms with E-state index in [1.54, 1.807) is 4.72 Å². The number of sulfonamides is 1. The molecule has 0 fully saturated rings. The Morgan fingerprint density at radius 1 is 1.35 bits per heavy atom. The predicted molar refractivity (Wildman–Crippen MR) is 58.8 cm³/mol. The number of aliphatic carboxylic acids is 1. The van der Waals surface area contributed by atoms with Gasteiger partial charge in [-0.05, 0) is 25.1 Å². The molecular weight excluding hydrogens is 306 g/mol. The highest BCUT2D eigenvalue weighted by atomic mass is 32.2. The molecule has 0 spiro atoms. The number of hydrogen-bond acceptors (Lipinski definition) is 3. The van der Waals surface area contributed by atoms with Gasteiger partial charge in [0.25, 0.3) is 0 Å². The molecule has 20 heavy (non-hydrogen) atoms. The summed E-state index contributed by atoms with van der Waals surface area (Å²) in [5.41, 5.74) is -1.71. The zero-order valence-corrected chi connectivity index (χ0v) is 10.7. The summed E-state index contributed by atoms with van der Waals surface area (Å²) >= 11 is 0. The molecule has 0 heterocycles. The van der Waals surface area contributed by atoms with Gasteiger partial charge >= 0.3 is 12.1 Å². The first kappa shape index (κ1) is 16.4. The minimum absolute atomic E-state index is 0.0278. The molecule has 0 amide bonds. The van der Waals surface area contributed by atoms with Crippen molar-refractivity contribution in [2.75, 3.05) is 0 Å². The second-order valence-corrected chi connectivity index (χ2v) is 5.50. The van der Waals surface area contributed by atoms with Crippen LogP contribution in [0.5, 0.6) is 0 Å². The van der Waals surface area contributed by atoms with Crippen molar-refractivity contribution in [1.29, 1.82) is 0 Å². The van der Waals surface area contributed by atoms with Crippen molar-refractivity contribution in [2.45, 2.75) is 24.0 Å². The lowest BCUT2D eigenvalue weighted by molar-refractivity contribution is -0.140. The van der Waals surface area contributed by atoms with Crippen LogP contribution < -0.4 is 4.72 Å². The Balaban J connectivity index is 3.36. The number of carboxylic acids is 1. The van der Waals surface area contributed by atoms with Crippen LogP contribution in [0.25, 0.3) is 0 Å². The van der Waals surface area contributed by atoms with Crippen molar-refractivity contribution in [1.82, 2.24) is 4.72 Å². The molecule has 1 rings (SSSR count). The molecule has 0 bridgehead atoms. The molecular formula is C10H9F4NO4S. The highest BCUT2D eigenvalue weighted by Crippen LogP contribution is 2.34. The number of halogens is 4. The van der Waals surface area contributed by atoms with Gasteiger partial charge in [0.15, 0.2) is 0 Å². The Hall–Kier alpha value is -1.68. The molecule has 5 nitrogen and oxygen atoms in total. The molecule has 0 aliphatic carbocycles. The van der Waals surface area contributed by atoms with Gasteiger partial charge in [0.05, 0.1) is 10.5 Å². The molecule has 112 valence electrons. The number of alkyl halides is 3. The number of hydrogen-bond donors (Lipinski definition) is 2. The van der Waals surface area contributed by atoms with Crippen LogP contribution in [0.1, 0.15) is 12.5 Å². The summed E-state index contributed by atoms with van der Waals surface area (Å²) in [6.07, 6.45) is -5.10. The lowest BCUT2D eigenvalue weighted by atomic mass is 10.2. The average Bonchev–Trinajstić information content (AvgIpc) is 2.26. The standard InChI is InChI=1S/C10H9F4NO4S/c1-5(9(16)17)15-20(18,19)8-3-2-6(11)4-7(8)10(12,13)14/h2-5,15H,1H3,(H,16,17)/t5-/m0/s1. The van der Waals surface area contributed by atoms with E-state index >= 15 is 0 Å². The van der Waals surface area contributed by atoms with E-state index in [1.165, 1.54) is 0 Å². The molecule has 0 saturated heterocycles. The first-order chi connectivity index (χ1) is 8.95. The predicted octanol–water partition coefficient (Wildman–Crippen LogP) is 1.60. The van der Waals surface area contributed by atoms with Crippen molar-refractivity contribution in [2.24, 2.45) is 0 Å². The van der Waals surface area contributed by atoms with E-state index in [0.717, 1.165) is 6.92 Å². The van der Waals surface area contributed by atoms with Crippen molar-refractivity contribution >= 4 is 16.0 Å². The molecule has 1 aromatic carbocycles. The van der Waals surface area contributed by atoms with Gasteiger partial charge in [-0.2, -0.15) is 17.9 Å². The molecule has 0 unspecified atom stereocenters. The molecule has 0 aliphatic heterocycles.